The number of benzene rings is 5. The van der Waals surface area contributed by atoms with Crippen molar-refractivity contribution in [1.29, 1.82) is 0 Å². The monoisotopic (exact) mass is 578 g/mol. The van der Waals surface area contributed by atoms with Crippen LogP contribution in [-0.2, 0) is 4.43 Å². The Morgan fingerprint density at radius 1 is 0.605 bits per heavy atom. The van der Waals surface area contributed by atoms with Crippen molar-refractivity contribution in [2.75, 3.05) is 0 Å². The molecule has 0 aromatic heterocycles. The number of fused-ring (bicyclic) bond motifs is 5. The van der Waals surface area contributed by atoms with Crippen molar-refractivity contribution in [3.63, 3.8) is 0 Å². The molecule has 2 aliphatic carbocycles. The van der Waals surface area contributed by atoms with Gasteiger partial charge in [-0.15, -0.1) is 0 Å². The van der Waals surface area contributed by atoms with Gasteiger partial charge in [0.2, 0.25) is 0 Å². The van der Waals surface area contributed by atoms with Gasteiger partial charge >= 0.3 is 8.32 Å². The van der Waals surface area contributed by atoms with E-state index in [1.807, 2.05) is 60.7 Å². The number of Topliss-reactive ketones (excluding diaryl/α,β-unsaturated/α-hetero) is 2. The van der Waals surface area contributed by atoms with Crippen LogP contribution in [0.15, 0.2) is 139 Å². The molecule has 0 bridgehead atoms. The highest BCUT2D eigenvalue weighted by Crippen LogP contribution is 2.54. The minimum atomic E-state index is -3.08. The van der Waals surface area contributed by atoms with Gasteiger partial charge in [0.25, 0.3) is 0 Å². The van der Waals surface area contributed by atoms with Crippen LogP contribution in [0.1, 0.15) is 44.2 Å². The second-order valence-electron chi connectivity index (χ2n) is 11.5. The molecule has 5 heteroatoms. The van der Waals surface area contributed by atoms with E-state index in [0.717, 1.165) is 38.0 Å². The van der Waals surface area contributed by atoms with Gasteiger partial charge in [-0.05, 0) is 38.8 Å². The average Bonchev–Trinajstić information content (AvgIpc) is 3.07. The summed E-state index contributed by atoms with van der Waals surface area (Å²) in [7, 11) is -3.08. The third-order valence-corrected chi connectivity index (χ3v) is 13.4. The predicted molar refractivity (Wildman–Crippen MR) is 168 cm³/mol. The van der Waals surface area contributed by atoms with Crippen molar-refractivity contribution >= 4 is 41.0 Å². The van der Waals surface area contributed by atoms with E-state index in [1.165, 1.54) is 12.1 Å². The first kappa shape index (κ1) is 25.8. The van der Waals surface area contributed by atoms with Gasteiger partial charge in [-0.3, -0.25) is 9.59 Å². The maximum Gasteiger partial charge on any atom is 0.347 e. The van der Waals surface area contributed by atoms with Gasteiger partial charge in [-0.2, -0.15) is 0 Å². The van der Waals surface area contributed by atoms with Crippen molar-refractivity contribution in [2.45, 2.75) is 12.3 Å². The normalized spacial score (nSPS) is 21.7. The number of carbonyl (C=O) groups is 2. The fourth-order valence-corrected chi connectivity index (χ4v) is 11.7. The zero-order valence-electron chi connectivity index (χ0n) is 23.2. The first-order valence-corrected chi connectivity index (χ1v) is 16.5. The lowest BCUT2D eigenvalue weighted by atomic mass is 9.59. The van der Waals surface area contributed by atoms with Crippen molar-refractivity contribution < 1.29 is 18.4 Å². The zero-order valence-corrected chi connectivity index (χ0v) is 24.2. The average molecular weight is 579 g/mol. The molecular weight excluding hydrogens is 551 g/mol. The van der Waals surface area contributed by atoms with Crippen LogP contribution in [0.25, 0.3) is 5.57 Å². The first-order valence-electron chi connectivity index (χ1n) is 14.6. The topological polar surface area (TPSA) is 43.4 Å². The number of hydrogen-bond acceptors (Lipinski definition) is 3. The molecule has 0 saturated heterocycles. The lowest BCUT2D eigenvalue weighted by Crippen LogP contribution is -2.71. The number of allylic oxidation sites excluding steroid dienone is 2. The summed E-state index contributed by atoms with van der Waals surface area (Å²) in [5.74, 6) is -1.36. The molecule has 1 aliphatic heterocycles. The quantitative estimate of drug-likeness (QED) is 0.246. The lowest BCUT2D eigenvalue weighted by Gasteiger charge is -2.48. The van der Waals surface area contributed by atoms with E-state index in [0.29, 0.717) is 17.5 Å². The molecule has 1 heterocycles. The third kappa shape index (κ3) is 3.78. The van der Waals surface area contributed by atoms with Gasteiger partial charge in [0.15, 0.2) is 11.6 Å². The molecule has 3 nitrogen and oxygen atoms in total. The molecule has 5 aromatic carbocycles. The zero-order chi connectivity index (χ0) is 29.1. The van der Waals surface area contributed by atoms with Gasteiger partial charge in [0.05, 0.1) is 11.7 Å². The second-order valence-corrected chi connectivity index (χ2v) is 14.8. The maximum atomic E-state index is 14.5. The minimum Gasteiger partial charge on any atom is -0.533 e. The van der Waals surface area contributed by atoms with Crippen LogP contribution in [0.5, 0.6) is 0 Å². The summed E-state index contributed by atoms with van der Waals surface area (Å²) in [4.78, 5) is 28.8. The molecule has 5 aromatic rings. The molecule has 0 radical (unpaired) electrons. The molecular formula is C38H27FO3Si. The minimum absolute atomic E-state index is 0.0428. The van der Waals surface area contributed by atoms with E-state index in [9.17, 15) is 14.0 Å². The largest absolute Gasteiger partial charge is 0.533 e. The van der Waals surface area contributed by atoms with Crippen molar-refractivity contribution in [3.8, 4) is 0 Å². The summed E-state index contributed by atoms with van der Waals surface area (Å²) in [5.41, 5.74) is 3.56. The van der Waals surface area contributed by atoms with Crippen LogP contribution in [0.4, 0.5) is 4.39 Å². The van der Waals surface area contributed by atoms with Crippen LogP contribution in [0.3, 0.4) is 0 Å². The SMILES string of the molecule is O=C1c2ccccc2C(=O)[C@@H]2[C@H]1C1=C(C[C@@H]2c2ccc(F)cc2)O[Si](c2ccccc2)(c2ccccc2)c2ccccc21. The Labute approximate surface area is 250 Å². The fourth-order valence-electron chi connectivity index (χ4n) is 7.57. The maximum absolute atomic E-state index is 14.5. The summed E-state index contributed by atoms with van der Waals surface area (Å²) >= 11 is 0. The molecule has 208 valence electrons. The Hall–Kier alpha value is -4.87. The summed E-state index contributed by atoms with van der Waals surface area (Å²) in [5, 5.41) is 3.29. The van der Waals surface area contributed by atoms with Gasteiger partial charge < -0.3 is 4.43 Å². The Balaban J connectivity index is 1.42. The van der Waals surface area contributed by atoms with Crippen LogP contribution in [-0.4, -0.2) is 19.9 Å². The van der Waals surface area contributed by atoms with E-state index >= 15 is 0 Å². The fraction of sp³-hybridized carbons (Fsp3) is 0.105. The number of rotatable bonds is 3. The van der Waals surface area contributed by atoms with Gasteiger partial charge in [0.1, 0.15) is 5.82 Å². The lowest BCUT2D eigenvalue weighted by molar-refractivity contribution is 0.0732. The molecule has 0 saturated carbocycles. The molecule has 0 amide bonds. The van der Waals surface area contributed by atoms with Gasteiger partial charge in [-0.1, -0.05) is 121 Å². The Morgan fingerprint density at radius 3 is 1.77 bits per heavy atom. The van der Waals surface area contributed by atoms with E-state index in [2.05, 4.69) is 36.4 Å². The van der Waals surface area contributed by atoms with Gasteiger partial charge in [-0.25, -0.2) is 4.39 Å². The molecule has 8 rings (SSSR count). The highest BCUT2D eigenvalue weighted by Gasteiger charge is 2.57. The predicted octanol–water partition coefficient (Wildman–Crippen LogP) is 6.03. The third-order valence-electron chi connectivity index (χ3n) is 9.38. The summed E-state index contributed by atoms with van der Waals surface area (Å²) in [6.45, 7) is 0. The molecule has 0 spiro atoms. The van der Waals surface area contributed by atoms with E-state index in [4.69, 9.17) is 4.43 Å². The van der Waals surface area contributed by atoms with Crippen LogP contribution in [0, 0.1) is 17.7 Å². The molecule has 0 fully saturated rings. The number of carbonyl (C=O) groups excluding carboxylic acids is 2. The molecule has 3 aliphatic rings. The molecule has 0 unspecified atom stereocenters. The van der Waals surface area contributed by atoms with Crippen molar-refractivity contribution in [3.05, 3.63) is 167 Å². The Kier molecular flexibility index (Phi) is 5.91. The smallest absolute Gasteiger partial charge is 0.347 e. The summed E-state index contributed by atoms with van der Waals surface area (Å²) in [6, 6.07) is 42.5. The summed E-state index contributed by atoms with van der Waals surface area (Å²) < 4.78 is 21.5. The standard InChI is InChI=1S/C38H27FO3Si/c39-25-21-19-24(20-22-25)31-23-32-34(36-35(31)37(40)28-15-7-8-16-29(28)38(36)41)30-17-9-10-18-33(30)43(42-32,26-11-3-1-4-12-26)27-13-5-2-6-14-27/h1-22,31,35-36H,23H2/t31-,35+,36-/m1/s1. The van der Waals surface area contributed by atoms with E-state index in [-0.39, 0.29) is 23.3 Å². The molecule has 3 atom stereocenters. The Morgan fingerprint density at radius 2 is 1.14 bits per heavy atom. The number of halogens is 1. The highest BCUT2D eigenvalue weighted by molar-refractivity contribution is 7.07. The van der Waals surface area contributed by atoms with Gasteiger partial charge in [0, 0.05) is 35.0 Å². The van der Waals surface area contributed by atoms with E-state index < -0.39 is 20.2 Å². The van der Waals surface area contributed by atoms with Crippen LogP contribution >= 0.6 is 0 Å². The Bertz CT molecular complexity index is 1890. The second kappa shape index (κ2) is 9.85. The van der Waals surface area contributed by atoms with Crippen LogP contribution in [0.2, 0.25) is 0 Å². The first-order chi connectivity index (χ1) is 21.1. The number of ketones is 2. The van der Waals surface area contributed by atoms with Crippen molar-refractivity contribution in [2.24, 2.45) is 11.8 Å². The molecule has 43 heavy (non-hydrogen) atoms. The van der Waals surface area contributed by atoms with E-state index in [1.54, 1.807) is 24.3 Å². The van der Waals surface area contributed by atoms with Crippen LogP contribution < -0.4 is 15.6 Å². The van der Waals surface area contributed by atoms with Crippen molar-refractivity contribution in [1.82, 2.24) is 0 Å². The molecule has 0 N–H and O–H groups in total. The number of hydrogen-bond donors (Lipinski definition) is 0. The highest BCUT2D eigenvalue weighted by atomic mass is 28.4. The summed E-state index contributed by atoms with van der Waals surface area (Å²) in [6.07, 6.45) is 0.437.